The van der Waals surface area contributed by atoms with Crippen molar-refractivity contribution in [1.29, 1.82) is 0 Å². The van der Waals surface area contributed by atoms with Crippen LogP contribution in [-0.4, -0.2) is 23.6 Å². The van der Waals surface area contributed by atoms with Crippen molar-refractivity contribution in [2.75, 3.05) is 0 Å². The van der Waals surface area contributed by atoms with Crippen LogP contribution in [0.4, 0.5) is 0 Å². The van der Waals surface area contributed by atoms with Crippen molar-refractivity contribution < 1.29 is 19.1 Å². The summed E-state index contributed by atoms with van der Waals surface area (Å²) in [6, 6.07) is 0. The molecule has 0 aliphatic heterocycles. The third-order valence-corrected chi connectivity index (χ3v) is 1.61. The largest absolute Gasteiger partial charge is 0.457 e. The zero-order valence-electron chi connectivity index (χ0n) is 10.2. The molecule has 0 bridgehead atoms. The molecule has 90 valence electrons. The molecule has 0 N–H and O–H groups in total. The van der Waals surface area contributed by atoms with Gasteiger partial charge in [0.05, 0.1) is 5.57 Å². The molecule has 0 aromatic heterocycles. The van der Waals surface area contributed by atoms with Crippen LogP contribution in [0.5, 0.6) is 0 Å². The molecule has 4 heteroatoms. The summed E-state index contributed by atoms with van der Waals surface area (Å²) in [5.74, 6) is -1.17. The molecule has 0 rings (SSSR count). The van der Waals surface area contributed by atoms with Crippen LogP contribution < -0.4 is 0 Å². The minimum absolute atomic E-state index is 0.102. The van der Waals surface area contributed by atoms with Gasteiger partial charge in [0.15, 0.2) is 0 Å². The average Bonchev–Trinajstić information content (AvgIpc) is 2.13. The Labute approximate surface area is 95.9 Å². The van der Waals surface area contributed by atoms with Gasteiger partial charge in [0.25, 0.3) is 0 Å². The number of ether oxygens (including phenoxy) is 2. The fourth-order valence-corrected chi connectivity index (χ4v) is 0.803. The maximum atomic E-state index is 11.5. The first-order valence-corrected chi connectivity index (χ1v) is 4.92. The highest BCUT2D eigenvalue weighted by Crippen LogP contribution is 2.13. The van der Waals surface area contributed by atoms with Gasteiger partial charge in [-0.25, -0.2) is 9.59 Å². The predicted molar refractivity (Wildman–Crippen MR) is 60.7 cm³/mol. The molecular formula is C12H18O4. The lowest BCUT2D eigenvalue weighted by Crippen LogP contribution is -2.29. The molecule has 0 radical (unpaired) electrons. The van der Waals surface area contributed by atoms with Gasteiger partial charge in [0.2, 0.25) is 0 Å². The highest BCUT2D eigenvalue weighted by Gasteiger charge is 2.23. The Hall–Kier alpha value is -1.58. The van der Waals surface area contributed by atoms with Crippen LogP contribution in [-0.2, 0) is 19.1 Å². The summed E-state index contributed by atoms with van der Waals surface area (Å²) >= 11 is 0. The quantitative estimate of drug-likeness (QED) is 0.543. The fourth-order valence-electron chi connectivity index (χ4n) is 0.803. The first-order valence-electron chi connectivity index (χ1n) is 4.92. The van der Waals surface area contributed by atoms with Crippen LogP contribution in [0.1, 0.15) is 27.7 Å². The summed E-state index contributed by atoms with van der Waals surface area (Å²) in [4.78, 5) is 22.4. The van der Waals surface area contributed by atoms with Gasteiger partial charge in [-0.2, -0.15) is 0 Å². The first kappa shape index (κ1) is 14.4. The van der Waals surface area contributed by atoms with Crippen molar-refractivity contribution in [1.82, 2.24) is 0 Å². The summed E-state index contributed by atoms with van der Waals surface area (Å²) in [6.07, 6.45) is 0.305. The summed E-state index contributed by atoms with van der Waals surface area (Å²) in [5.41, 5.74) is -0.493. The normalized spacial score (nSPS) is 12.5. The third kappa shape index (κ3) is 5.34. The monoisotopic (exact) mass is 226 g/mol. The van der Waals surface area contributed by atoms with Crippen molar-refractivity contribution in [3.63, 3.8) is 0 Å². The lowest BCUT2D eigenvalue weighted by Gasteiger charge is -2.22. The fraction of sp³-hybridized carbons (Fsp3) is 0.500. The maximum Gasteiger partial charge on any atom is 0.337 e. The molecule has 0 spiro atoms. The van der Waals surface area contributed by atoms with Crippen molar-refractivity contribution in [3.05, 3.63) is 24.8 Å². The maximum absolute atomic E-state index is 11.5. The topological polar surface area (TPSA) is 52.6 Å². The van der Waals surface area contributed by atoms with Crippen LogP contribution in [0, 0.1) is 0 Å². The predicted octanol–water partition coefficient (Wildman–Crippen LogP) is 2.00. The second kappa shape index (κ2) is 5.49. The van der Waals surface area contributed by atoms with Crippen molar-refractivity contribution in [2.24, 2.45) is 0 Å². The Morgan fingerprint density at radius 1 is 1.31 bits per heavy atom. The highest BCUT2D eigenvalue weighted by atomic mass is 16.6. The molecule has 0 aliphatic carbocycles. The van der Waals surface area contributed by atoms with E-state index < -0.39 is 23.6 Å². The second-order valence-corrected chi connectivity index (χ2v) is 4.31. The second-order valence-electron chi connectivity index (χ2n) is 4.31. The molecule has 4 nitrogen and oxygen atoms in total. The summed E-state index contributed by atoms with van der Waals surface area (Å²) < 4.78 is 9.92. The number of hydrogen-bond donors (Lipinski definition) is 0. The lowest BCUT2D eigenvalue weighted by atomic mass is 10.1. The van der Waals surface area contributed by atoms with Crippen molar-refractivity contribution >= 4 is 11.9 Å². The Morgan fingerprint density at radius 3 is 2.19 bits per heavy atom. The number of hydrogen-bond acceptors (Lipinski definition) is 4. The lowest BCUT2D eigenvalue weighted by molar-refractivity contribution is -0.152. The van der Waals surface area contributed by atoms with Gasteiger partial charge in [0, 0.05) is 6.08 Å². The van der Waals surface area contributed by atoms with Gasteiger partial charge in [0.1, 0.15) is 11.7 Å². The van der Waals surface area contributed by atoms with E-state index in [1.165, 1.54) is 0 Å². The molecule has 1 unspecified atom stereocenters. The van der Waals surface area contributed by atoms with E-state index in [-0.39, 0.29) is 5.57 Å². The van der Waals surface area contributed by atoms with Gasteiger partial charge in [-0.05, 0) is 27.7 Å². The molecule has 0 saturated carbocycles. The Kier molecular flexibility index (Phi) is 4.95. The van der Waals surface area contributed by atoms with Crippen LogP contribution in [0.3, 0.4) is 0 Å². The van der Waals surface area contributed by atoms with Gasteiger partial charge < -0.3 is 9.47 Å². The Morgan fingerprint density at radius 2 is 1.81 bits per heavy atom. The van der Waals surface area contributed by atoms with Crippen LogP contribution in [0.15, 0.2) is 24.8 Å². The molecule has 0 aliphatic rings. The molecule has 16 heavy (non-hydrogen) atoms. The molecule has 0 fully saturated rings. The van der Waals surface area contributed by atoms with E-state index in [1.54, 1.807) is 27.7 Å². The van der Waals surface area contributed by atoms with E-state index in [2.05, 4.69) is 13.2 Å². The molecular weight excluding hydrogens is 208 g/mol. The van der Waals surface area contributed by atoms with Crippen molar-refractivity contribution in [2.45, 2.75) is 39.4 Å². The zero-order chi connectivity index (χ0) is 12.9. The van der Waals surface area contributed by atoms with E-state index in [1.807, 2.05) is 0 Å². The summed E-state index contributed by atoms with van der Waals surface area (Å²) in [6.45, 7) is 13.6. The Bertz CT molecular complexity index is 309. The Balaban J connectivity index is 4.39. The molecule has 0 aromatic carbocycles. The van der Waals surface area contributed by atoms with Crippen molar-refractivity contribution in [3.8, 4) is 0 Å². The van der Waals surface area contributed by atoms with E-state index in [0.717, 1.165) is 6.08 Å². The number of rotatable bonds is 4. The SMILES string of the molecule is C=CC(=O)OC(C)C(=C)C(=O)OC(C)(C)C. The van der Waals surface area contributed by atoms with Gasteiger partial charge >= 0.3 is 11.9 Å². The number of carbonyl (C=O) groups excluding carboxylic acids is 2. The van der Waals surface area contributed by atoms with E-state index in [4.69, 9.17) is 9.47 Å². The highest BCUT2D eigenvalue weighted by molar-refractivity contribution is 5.90. The third-order valence-electron chi connectivity index (χ3n) is 1.61. The minimum atomic E-state index is -0.722. The van der Waals surface area contributed by atoms with Crippen LogP contribution >= 0.6 is 0 Å². The number of esters is 2. The molecule has 0 heterocycles. The average molecular weight is 226 g/mol. The summed E-state index contributed by atoms with van der Waals surface area (Å²) in [7, 11) is 0. The number of carbonyl (C=O) groups is 2. The summed E-state index contributed by atoms with van der Waals surface area (Å²) in [5, 5.41) is 0. The van der Waals surface area contributed by atoms with Gasteiger partial charge in [-0.3, -0.25) is 0 Å². The van der Waals surface area contributed by atoms with Crippen LogP contribution in [0.2, 0.25) is 0 Å². The van der Waals surface area contributed by atoms with E-state index in [0.29, 0.717) is 0 Å². The molecule has 1 atom stereocenters. The molecule has 0 saturated heterocycles. The van der Waals surface area contributed by atoms with Gasteiger partial charge in [-0.15, -0.1) is 0 Å². The molecule has 0 amide bonds. The minimum Gasteiger partial charge on any atom is -0.457 e. The van der Waals surface area contributed by atoms with Gasteiger partial charge in [-0.1, -0.05) is 13.2 Å². The molecule has 0 aromatic rings. The first-order chi connectivity index (χ1) is 7.17. The van der Waals surface area contributed by atoms with Crippen LogP contribution in [0.25, 0.3) is 0 Å². The standard InChI is InChI=1S/C12H18O4/c1-7-10(13)15-9(3)8(2)11(14)16-12(4,5)6/h7,9H,1-2H2,3-6H3. The zero-order valence-corrected chi connectivity index (χ0v) is 10.2. The van der Waals surface area contributed by atoms with E-state index in [9.17, 15) is 9.59 Å². The van der Waals surface area contributed by atoms with E-state index >= 15 is 0 Å². The smallest absolute Gasteiger partial charge is 0.337 e.